The van der Waals surface area contributed by atoms with Crippen LogP contribution in [0.15, 0.2) is 40.7 Å². The van der Waals surface area contributed by atoms with E-state index in [2.05, 4.69) is 20.1 Å². The molecule has 1 N–H and O–H groups in total. The van der Waals surface area contributed by atoms with E-state index in [1.54, 1.807) is 29.5 Å². The minimum atomic E-state index is -3.61. The summed E-state index contributed by atoms with van der Waals surface area (Å²) in [6.45, 7) is 6.67. The topological polar surface area (TPSA) is 95.1 Å². The number of sulfonamides is 1. The van der Waals surface area contributed by atoms with Gasteiger partial charge in [0.15, 0.2) is 5.13 Å². The number of aromatic nitrogens is 1. The molecule has 9 nitrogen and oxygen atoms in total. The summed E-state index contributed by atoms with van der Waals surface area (Å²) >= 11 is 1.63. The minimum Gasteiger partial charge on any atom is -0.379 e. The molecule has 1 aromatic carbocycles. The second-order valence-electron chi connectivity index (χ2n) is 7.90. The molecule has 4 rings (SSSR count). The molecule has 2 aliphatic rings. The van der Waals surface area contributed by atoms with E-state index < -0.39 is 10.0 Å². The van der Waals surface area contributed by atoms with Gasteiger partial charge in [-0.1, -0.05) is 6.07 Å². The van der Waals surface area contributed by atoms with Gasteiger partial charge in [-0.15, -0.1) is 11.3 Å². The van der Waals surface area contributed by atoms with Crippen LogP contribution in [-0.4, -0.2) is 87.0 Å². The number of amides is 1. The molecule has 2 saturated heterocycles. The smallest absolute Gasteiger partial charge is 0.243 e. The van der Waals surface area contributed by atoms with Crippen molar-refractivity contribution in [2.24, 2.45) is 0 Å². The van der Waals surface area contributed by atoms with Crippen LogP contribution in [0.3, 0.4) is 0 Å². The molecule has 174 valence electrons. The number of anilines is 2. The molecule has 0 radical (unpaired) electrons. The number of nitrogens with zero attached hydrogens (tertiary/aromatic N) is 4. The van der Waals surface area contributed by atoms with Crippen LogP contribution in [0.4, 0.5) is 10.8 Å². The van der Waals surface area contributed by atoms with Crippen molar-refractivity contribution in [3.63, 3.8) is 0 Å². The highest BCUT2D eigenvalue weighted by molar-refractivity contribution is 7.89. The van der Waals surface area contributed by atoms with Crippen LogP contribution in [0, 0.1) is 0 Å². The normalized spacial score (nSPS) is 20.0. The summed E-state index contributed by atoms with van der Waals surface area (Å²) in [5, 5.41) is 5.89. The Morgan fingerprint density at radius 1 is 1.16 bits per heavy atom. The number of hydrogen-bond donors (Lipinski definition) is 1. The Balaban J connectivity index is 1.38. The van der Waals surface area contributed by atoms with E-state index in [0.29, 0.717) is 32.0 Å². The predicted molar refractivity (Wildman–Crippen MR) is 125 cm³/mol. The van der Waals surface area contributed by atoms with E-state index in [4.69, 9.17) is 4.74 Å². The van der Waals surface area contributed by atoms with Crippen molar-refractivity contribution in [2.75, 3.05) is 62.7 Å². The SMILES string of the molecule is CC(C(=O)Nc1cccc(S(=O)(=O)N2CCOCC2)c1)N1CCCN(c2nccs2)CC1. The molecular formula is C21H29N5O4S2. The van der Waals surface area contributed by atoms with Crippen LogP contribution in [0.1, 0.15) is 13.3 Å². The number of hydrogen-bond acceptors (Lipinski definition) is 8. The molecule has 1 aromatic heterocycles. The van der Waals surface area contributed by atoms with Crippen molar-refractivity contribution >= 4 is 38.1 Å². The molecule has 1 amide bonds. The summed E-state index contributed by atoms with van der Waals surface area (Å²) in [6.07, 6.45) is 2.76. The van der Waals surface area contributed by atoms with Crippen LogP contribution in [0.5, 0.6) is 0 Å². The van der Waals surface area contributed by atoms with E-state index in [0.717, 1.165) is 37.7 Å². The van der Waals surface area contributed by atoms with Gasteiger partial charge in [-0.05, 0) is 31.5 Å². The van der Waals surface area contributed by atoms with Gasteiger partial charge in [0, 0.05) is 56.5 Å². The molecule has 11 heteroatoms. The number of rotatable bonds is 6. The van der Waals surface area contributed by atoms with Gasteiger partial charge in [0.2, 0.25) is 15.9 Å². The molecule has 1 unspecified atom stereocenters. The first kappa shape index (κ1) is 23.1. The predicted octanol–water partition coefficient (Wildman–Crippen LogP) is 1.70. The van der Waals surface area contributed by atoms with Crippen molar-refractivity contribution in [3.8, 4) is 0 Å². The van der Waals surface area contributed by atoms with Crippen LogP contribution < -0.4 is 10.2 Å². The van der Waals surface area contributed by atoms with Crippen molar-refractivity contribution < 1.29 is 17.9 Å². The van der Waals surface area contributed by atoms with E-state index in [9.17, 15) is 13.2 Å². The zero-order valence-electron chi connectivity index (χ0n) is 18.1. The fraction of sp³-hybridized carbons (Fsp3) is 0.524. The van der Waals surface area contributed by atoms with Gasteiger partial charge >= 0.3 is 0 Å². The molecule has 0 aliphatic carbocycles. The quantitative estimate of drug-likeness (QED) is 0.674. The summed E-state index contributed by atoms with van der Waals surface area (Å²) in [7, 11) is -3.61. The Kier molecular flexibility index (Phi) is 7.41. The average Bonchev–Trinajstić information content (AvgIpc) is 3.24. The summed E-state index contributed by atoms with van der Waals surface area (Å²) in [5.41, 5.74) is 0.482. The van der Waals surface area contributed by atoms with Crippen LogP contribution in [-0.2, 0) is 19.6 Å². The molecular weight excluding hydrogens is 450 g/mol. The zero-order chi connectivity index (χ0) is 22.6. The number of morpholine rings is 1. The van der Waals surface area contributed by atoms with Crippen LogP contribution in [0.25, 0.3) is 0 Å². The molecule has 3 heterocycles. The number of carbonyl (C=O) groups is 1. The number of ether oxygens (including phenoxy) is 1. The average molecular weight is 480 g/mol. The first-order valence-corrected chi connectivity index (χ1v) is 13.1. The lowest BCUT2D eigenvalue weighted by Crippen LogP contribution is -2.44. The summed E-state index contributed by atoms with van der Waals surface area (Å²) in [4.78, 5) is 21.9. The second-order valence-corrected chi connectivity index (χ2v) is 10.7. The van der Waals surface area contributed by atoms with Gasteiger partial charge in [0.1, 0.15) is 0 Å². The highest BCUT2D eigenvalue weighted by atomic mass is 32.2. The van der Waals surface area contributed by atoms with Crippen LogP contribution >= 0.6 is 11.3 Å². The van der Waals surface area contributed by atoms with Crippen molar-refractivity contribution in [1.29, 1.82) is 0 Å². The summed E-state index contributed by atoms with van der Waals surface area (Å²) < 4.78 is 32.5. The molecule has 1 atom stereocenters. The first-order valence-electron chi connectivity index (χ1n) is 10.8. The maximum atomic E-state index is 12.9. The largest absolute Gasteiger partial charge is 0.379 e. The molecule has 2 aromatic rings. The molecule has 2 fully saturated rings. The molecule has 2 aliphatic heterocycles. The van der Waals surface area contributed by atoms with Gasteiger partial charge in [-0.2, -0.15) is 4.31 Å². The molecule has 0 saturated carbocycles. The first-order chi connectivity index (χ1) is 15.4. The Labute approximate surface area is 193 Å². The third-order valence-electron chi connectivity index (χ3n) is 5.86. The lowest BCUT2D eigenvalue weighted by atomic mass is 10.2. The minimum absolute atomic E-state index is 0.145. The van der Waals surface area contributed by atoms with Gasteiger partial charge < -0.3 is 15.0 Å². The number of thiazole rings is 1. The second kappa shape index (κ2) is 10.3. The Morgan fingerprint density at radius 2 is 1.97 bits per heavy atom. The monoisotopic (exact) mass is 479 g/mol. The van der Waals surface area contributed by atoms with Gasteiger partial charge in [-0.3, -0.25) is 9.69 Å². The standard InChI is InChI=1S/C21H29N5O4S2/c1-17(24-7-3-8-25(10-9-24)21-22-6-15-31-21)20(27)23-18-4-2-5-19(16-18)32(28,29)26-11-13-30-14-12-26/h2,4-6,15-17H,3,7-14H2,1H3,(H,23,27). The molecule has 0 spiro atoms. The van der Waals surface area contributed by atoms with Crippen LogP contribution in [0.2, 0.25) is 0 Å². The number of nitrogens with one attached hydrogen (secondary N) is 1. The van der Waals surface area contributed by atoms with E-state index >= 15 is 0 Å². The van der Waals surface area contributed by atoms with E-state index in [-0.39, 0.29) is 16.8 Å². The Morgan fingerprint density at radius 3 is 2.72 bits per heavy atom. The molecule has 32 heavy (non-hydrogen) atoms. The van der Waals surface area contributed by atoms with Crippen molar-refractivity contribution in [1.82, 2.24) is 14.2 Å². The van der Waals surface area contributed by atoms with E-state index in [1.165, 1.54) is 10.4 Å². The van der Waals surface area contributed by atoms with Gasteiger partial charge in [-0.25, -0.2) is 13.4 Å². The third kappa shape index (κ3) is 5.29. The summed E-state index contributed by atoms with van der Waals surface area (Å²) in [5.74, 6) is -0.145. The highest BCUT2D eigenvalue weighted by Gasteiger charge is 2.28. The Bertz CT molecular complexity index is 1010. The highest BCUT2D eigenvalue weighted by Crippen LogP contribution is 2.22. The fourth-order valence-corrected chi connectivity index (χ4v) is 6.12. The zero-order valence-corrected chi connectivity index (χ0v) is 19.8. The maximum Gasteiger partial charge on any atom is 0.243 e. The van der Waals surface area contributed by atoms with Crippen molar-refractivity contribution in [3.05, 3.63) is 35.8 Å². The number of carbonyl (C=O) groups excluding carboxylic acids is 1. The number of benzene rings is 1. The molecule has 0 bridgehead atoms. The fourth-order valence-electron chi connectivity index (χ4n) is 3.97. The third-order valence-corrected chi connectivity index (χ3v) is 8.58. The van der Waals surface area contributed by atoms with E-state index in [1.807, 2.05) is 18.5 Å². The van der Waals surface area contributed by atoms with Gasteiger partial charge in [0.05, 0.1) is 24.2 Å². The summed E-state index contributed by atoms with van der Waals surface area (Å²) in [6, 6.07) is 6.14. The Hall–Kier alpha value is -2.05. The van der Waals surface area contributed by atoms with Crippen molar-refractivity contribution in [2.45, 2.75) is 24.3 Å². The lowest BCUT2D eigenvalue weighted by Gasteiger charge is -2.27. The maximum absolute atomic E-state index is 12.9. The lowest BCUT2D eigenvalue weighted by molar-refractivity contribution is -0.120. The van der Waals surface area contributed by atoms with Gasteiger partial charge in [0.25, 0.3) is 0 Å².